The molecule has 1 saturated carbocycles. The van der Waals surface area contributed by atoms with E-state index in [0.717, 1.165) is 32.4 Å². The maximum atomic E-state index is 11.0. The first-order chi connectivity index (χ1) is 7.18. The van der Waals surface area contributed by atoms with Gasteiger partial charge in [0.15, 0.2) is 0 Å². The van der Waals surface area contributed by atoms with Crippen molar-refractivity contribution in [2.45, 2.75) is 44.2 Å². The van der Waals surface area contributed by atoms with E-state index in [0.29, 0.717) is 12.1 Å². The van der Waals surface area contributed by atoms with Gasteiger partial charge in [-0.1, -0.05) is 6.42 Å². The van der Waals surface area contributed by atoms with Crippen LogP contribution in [0.25, 0.3) is 0 Å². The molecular weight excluding hydrogens is 190 g/mol. The first-order valence-corrected chi connectivity index (χ1v) is 5.97. The van der Waals surface area contributed by atoms with E-state index < -0.39 is 0 Å². The van der Waals surface area contributed by atoms with Gasteiger partial charge in [-0.3, -0.25) is 9.69 Å². The number of nitrogens with zero attached hydrogens (tertiary/aromatic N) is 1. The summed E-state index contributed by atoms with van der Waals surface area (Å²) in [5.74, 6) is -0.0377. The molecule has 4 N–H and O–H groups in total. The number of carbonyl (C=O) groups excluding carboxylic acids is 1. The molecule has 2 fully saturated rings. The van der Waals surface area contributed by atoms with Crippen molar-refractivity contribution in [1.82, 2.24) is 4.90 Å². The van der Waals surface area contributed by atoms with Crippen LogP contribution in [0.4, 0.5) is 0 Å². The Hall–Kier alpha value is -0.610. The third kappa shape index (κ3) is 2.32. The molecule has 0 aromatic heterocycles. The summed E-state index contributed by atoms with van der Waals surface area (Å²) >= 11 is 0. The fraction of sp³-hybridized carbons (Fsp3) is 0.909. The molecule has 2 rings (SSSR count). The molecule has 15 heavy (non-hydrogen) atoms. The molecule has 4 nitrogen and oxygen atoms in total. The van der Waals surface area contributed by atoms with Gasteiger partial charge in [0.25, 0.3) is 0 Å². The van der Waals surface area contributed by atoms with Crippen molar-refractivity contribution >= 4 is 5.91 Å². The Morgan fingerprint density at radius 3 is 2.27 bits per heavy atom. The zero-order chi connectivity index (χ0) is 10.8. The van der Waals surface area contributed by atoms with Crippen molar-refractivity contribution in [1.29, 1.82) is 0 Å². The lowest BCUT2D eigenvalue weighted by Crippen LogP contribution is -2.49. The Morgan fingerprint density at radius 1 is 1.13 bits per heavy atom. The minimum atomic E-state index is -0.134. The lowest BCUT2D eigenvalue weighted by molar-refractivity contribution is -0.123. The summed E-state index contributed by atoms with van der Waals surface area (Å²) in [6.45, 7) is 1.98. The summed E-state index contributed by atoms with van der Waals surface area (Å²) in [6, 6.07) is 0.897. The lowest BCUT2D eigenvalue weighted by Gasteiger charge is -2.36. The number of likely N-dealkylation sites (tertiary alicyclic amines) is 1. The van der Waals surface area contributed by atoms with Crippen molar-refractivity contribution in [3.63, 3.8) is 0 Å². The average Bonchev–Trinajstić information content (AvgIpc) is 2.65. The predicted octanol–water partition coefficient (Wildman–Crippen LogP) is 0.0635. The zero-order valence-electron chi connectivity index (χ0n) is 9.19. The second-order valence-electron chi connectivity index (χ2n) is 4.87. The minimum Gasteiger partial charge on any atom is -0.369 e. The van der Waals surface area contributed by atoms with E-state index in [1.807, 2.05) is 0 Å². The molecule has 2 atom stereocenters. The van der Waals surface area contributed by atoms with Crippen LogP contribution in [0.5, 0.6) is 0 Å². The smallest absolute Gasteiger partial charge is 0.220 e. The van der Waals surface area contributed by atoms with Crippen LogP contribution in [0.3, 0.4) is 0 Å². The van der Waals surface area contributed by atoms with E-state index in [9.17, 15) is 4.79 Å². The molecule has 1 saturated heterocycles. The van der Waals surface area contributed by atoms with Crippen LogP contribution < -0.4 is 11.5 Å². The lowest BCUT2D eigenvalue weighted by atomic mass is 9.94. The van der Waals surface area contributed by atoms with Crippen molar-refractivity contribution in [2.24, 2.45) is 17.4 Å². The number of hydrogen-bond donors (Lipinski definition) is 2. The number of carbonyl (C=O) groups is 1. The standard InChI is InChI=1S/C11H21N3O/c12-9-2-1-3-10(9)14-6-4-8(5-7-14)11(13)15/h8-10H,1-7,12H2,(H2,13,15). The van der Waals surface area contributed by atoms with Crippen LogP contribution in [0.2, 0.25) is 0 Å². The quantitative estimate of drug-likeness (QED) is 0.678. The SMILES string of the molecule is NC(=O)C1CCN(C2CCCC2N)CC1. The van der Waals surface area contributed by atoms with Gasteiger partial charge in [-0.2, -0.15) is 0 Å². The summed E-state index contributed by atoms with van der Waals surface area (Å²) in [4.78, 5) is 13.5. The summed E-state index contributed by atoms with van der Waals surface area (Å²) in [6.07, 6.45) is 5.46. The van der Waals surface area contributed by atoms with Crippen LogP contribution in [-0.4, -0.2) is 36.0 Å². The number of amides is 1. The number of nitrogens with two attached hydrogens (primary N) is 2. The molecule has 86 valence electrons. The first-order valence-electron chi connectivity index (χ1n) is 5.97. The molecule has 2 aliphatic rings. The highest BCUT2D eigenvalue weighted by atomic mass is 16.1. The molecule has 0 bridgehead atoms. The van der Waals surface area contributed by atoms with Gasteiger partial charge in [0.05, 0.1) is 0 Å². The van der Waals surface area contributed by atoms with Crippen LogP contribution >= 0.6 is 0 Å². The maximum absolute atomic E-state index is 11.0. The molecule has 0 aromatic rings. The van der Waals surface area contributed by atoms with Gasteiger partial charge in [0.2, 0.25) is 5.91 Å². The summed E-state index contributed by atoms with van der Waals surface area (Å²) in [5, 5.41) is 0. The van der Waals surface area contributed by atoms with E-state index >= 15 is 0 Å². The van der Waals surface area contributed by atoms with Gasteiger partial charge in [-0.15, -0.1) is 0 Å². The zero-order valence-corrected chi connectivity index (χ0v) is 9.19. The van der Waals surface area contributed by atoms with E-state index in [1.54, 1.807) is 0 Å². The van der Waals surface area contributed by atoms with Gasteiger partial charge in [0, 0.05) is 18.0 Å². The topological polar surface area (TPSA) is 72.4 Å². The van der Waals surface area contributed by atoms with Gasteiger partial charge < -0.3 is 11.5 Å². The second kappa shape index (κ2) is 4.49. The largest absolute Gasteiger partial charge is 0.369 e. The molecule has 4 heteroatoms. The van der Waals surface area contributed by atoms with Crippen molar-refractivity contribution < 1.29 is 4.79 Å². The summed E-state index contributed by atoms with van der Waals surface area (Å²) in [5.41, 5.74) is 11.4. The minimum absolute atomic E-state index is 0.0962. The molecule has 1 aliphatic heterocycles. The Morgan fingerprint density at radius 2 is 1.80 bits per heavy atom. The Balaban J connectivity index is 1.85. The van der Waals surface area contributed by atoms with E-state index in [4.69, 9.17) is 11.5 Å². The summed E-state index contributed by atoms with van der Waals surface area (Å²) in [7, 11) is 0. The Kier molecular flexibility index (Phi) is 3.26. The fourth-order valence-electron chi connectivity index (χ4n) is 2.94. The summed E-state index contributed by atoms with van der Waals surface area (Å²) < 4.78 is 0. The number of rotatable bonds is 2. The molecule has 1 aliphatic carbocycles. The number of piperidine rings is 1. The molecule has 0 aromatic carbocycles. The van der Waals surface area contributed by atoms with Gasteiger partial charge >= 0.3 is 0 Å². The van der Waals surface area contributed by atoms with Gasteiger partial charge in [-0.05, 0) is 38.8 Å². The number of primary amides is 1. The van der Waals surface area contributed by atoms with Crippen molar-refractivity contribution in [2.75, 3.05) is 13.1 Å². The molecule has 1 heterocycles. The van der Waals surface area contributed by atoms with Crippen LogP contribution in [0.1, 0.15) is 32.1 Å². The molecule has 0 spiro atoms. The van der Waals surface area contributed by atoms with Crippen molar-refractivity contribution in [3.8, 4) is 0 Å². The predicted molar refractivity (Wildman–Crippen MR) is 59.1 cm³/mol. The van der Waals surface area contributed by atoms with Crippen LogP contribution in [0.15, 0.2) is 0 Å². The maximum Gasteiger partial charge on any atom is 0.220 e. The monoisotopic (exact) mass is 211 g/mol. The highest BCUT2D eigenvalue weighted by Crippen LogP contribution is 2.27. The molecule has 1 amide bonds. The van der Waals surface area contributed by atoms with Crippen molar-refractivity contribution in [3.05, 3.63) is 0 Å². The van der Waals surface area contributed by atoms with Gasteiger partial charge in [0.1, 0.15) is 0 Å². The third-order valence-corrected chi connectivity index (χ3v) is 3.93. The highest BCUT2D eigenvalue weighted by Gasteiger charge is 2.32. The normalized spacial score (nSPS) is 34.5. The van der Waals surface area contributed by atoms with Gasteiger partial charge in [-0.25, -0.2) is 0 Å². The highest BCUT2D eigenvalue weighted by molar-refractivity contribution is 5.76. The van der Waals surface area contributed by atoms with E-state index in [2.05, 4.69) is 4.90 Å². The molecule has 0 radical (unpaired) electrons. The number of hydrogen-bond acceptors (Lipinski definition) is 3. The Labute approximate surface area is 91.0 Å². The van der Waals surface area contributed by atoms with E-state index in [-0.39, 0.29) is 11.8 Å². The van der Waals surface area contributed by atoms with E-state index in [1.165, 1.54) is 12.8 Å². The first kappa shape index (κ1) is 10.9. The van der Waals surface area contributed by atoms with Crippen LogP contribution in [-0.2, 0) is 4.79 Å². The fourth-order valence-corrected chi connectivity index (χ4v) is 2.94. The molecule has 2 unspecified atom stereocenters. The third-order valence-electron chi connectivity index (χ3n) is 3.93. The average molecular weight is 211 g/mol. The second-order valence-corrected chi connectivity index (χ2v) is 4.87. The Bertz CT molecular complexity index is 236. The molecular formula is C11H21N3O. The van der Waals surface area contributed by atoms with Crippen LogP contribution in [0, 0.1) is 5.92 Å².